The third-order valence-corrected chi connectivity index (χ3v) is 6.20. The van der Waals surface area contributed by atoms with E-state index in [2.05, 4.69) is 17.9 Å². The number of ether oxygens (including phenoxy) is 1. The molecule has 5 nitrogen and oxygen atoms in total. The Morgan fingerprint density at radius 2 is 2.04 bits per heavy atom. The molecule has 1 atom stereocenters. The highest BCUT2D eigenvalue weighted by molar-refractivity contribution is 6.32. The van der Waals surface area contributed by atoms with E-state index in [0.29, 0.717) is 32.8 Å². The van der Waals surface area contributed by atoms with Gasteiger partial charge in [0.2, 0.25) is 5.91 Å². The predicted octanol–water partition coefficient (Wildman–Crippen LogP) is 3.27. The number of carbonyl (C=O) groups is 1. The Hall–Kier alpha value is -1.69. The van der Waals surface area contributed by atoms with Crippen molar-refractivity contribution in [2.45, 2.75) is 26.3 Å². The number of nitrogens with zero attached hydrogens (tertiary/aromatic N) is 3. The Morgan fingerprint density at radius 1 is 1.26 bits per heavy atom. The first kappa shape index (κ1) is 18.7. The highest BCUT2D eigenvalue weighted by Crippen LogP contribution is 2.29. The van der Waals surface area contributed by atoms with E-state index in [4.69, 9.17) is 21.3 Å². The number of pyridine rings is 1. The molecule has 1 unspecified atom stereocenters. The summed E-state index contributed by atoms with van der Waals surface area (Å²) in [6, 6.07) is 8.11. The Bertz CT molecular complexity index is 836. The third-order valence-electron chi connectivity index (χ3n) is 5.70. The molecule has 1 aromatic heterocycles. The van der Waals surface area contributed by atoms with Gasteiger partial charge < -0.3 is 9.64 Å². The summed E-state index contributed by atoms with van der Waals surface area (Å²) in [5, 5.41) is 1.85. The van der Waals surface area contributed by atoms with Crippen LogP contribution < -0.4 is 0 Å². The molecule has 2 aliphatic rings. The van der Waals surface area contributed by atoms with Crippen molar-refractivity contribution in [2.75, 3.05) is 39.4 Å². The molecule has 0 spiro atoms. The highest BCUT2D eigenvalue weighted by atomic mass is 35.5. The number of aromatic nitrogens is 1. The quantitative estimate of drug-likeness (QED) is 0.810. The lowest BCUT2D eigenvalue weighted by molar-refractivity contribution is -0.141. The molecule has 2 saturated heterocycles. The van der Waals surface area contributed by atoms with E-state index in [1.165, 1.54) is 0 Å². The Morgan fingerprint density at radius 3 is 2.85 bits per heavy atom. The molecule has 4 rings (SSSR count). The molecule has 1 amide bonds. The van der Waals surface area contributed by atoms with Crippen LogP contribution in [0.4, 0.5) is 0 Å². The fourth-order valence-electron chi connectivity index (χ4n) is 4.18. The van der Waals surface area contributed by atoms with Crippen LogP contribution in [0.2, 0.25) is 5.02 Å². The third kappa shape index (κ3) is 3.96. The molecule has 1 aromatic carbocycles. The van der Waals surface area contributed by atoms with Crippen molar-refractivity contribution in [3.63, 3.8) is 0 Å². The molecule has 27 heavy (non-hydrogen) atoms. The summed E-state index contributed by atoms with van der Waals surface area (Å²) < 4.78 is 5.37. The van der Waals surface area contributed by atoms with Gasteiger partial charge in [-0.15, -0.1) is 0 Å². The first-order valence-corrected chi connectivity index (χ1v) is 10.1. The molecular formula is C21H26ClN3O2. The summed E-state index contributed by atoms with van der Waals surface area (Å²) in [7, 11) is 0. The van der Waals surface area contributed by atoms with Gasteiger partial charge in [0.25, 0.3) is 0 Å². The fourth-order valence-corrected chi connectivity index (χ4v) is 4.38. The molecular weight excluding hydrogens is 362 g/mol. The van der Waals surface area contributed by atoms with Crippen molar-refractivity contribution in [1.82, 2.24) is 14.8 Å². The van der Waals surface area contributed by atoms with Crippen LogP contribution in [0.1, 0.15) is 24.1 Å². The van der Waals surface area contributed by atoms with Crippen molar-refractivity contribution in [3.8, 4) is 0 Å². The van der Waals surface area contributed by atoms with E-state index in [-0.39, 0.29) is 11.8 Å². The molecule has 144 valence electrons. The van der Waals surface area contributed by atoms with Gasteiger partial charge >= 0.3 is 0 Å². The number of fused-ring (bicyclic) bond motifs is 1. The zero-order valence-electron chi connectivity index (χ0n) is 15.8. The van der Waals surface area contributed by atoms with Crippen LogP contribution in [0.25, 0.3) is 10.9 Å². The molecule has 0 N–H and O–H groups in total. The van der Waals surface area contributed by atoms with Crippen LogP contribution in [0.5, 0.6) is 0 Å². The van der Waals surface area contributed by atoms with Crippen LogP contribution in [0.15, 0.2) is 24.3 Å². The number of likely N-dealkylation sites (tertiary alicyclic amines) is 1. The SMILES string of the molecule is Cc1c(Cl)c(CN2CCCC(C(=O)N3CCOCC3)C2)nc2ccccc12. The first-order chi connectivity index (χ1) is 13.1. The number of carbonyl (C=O) groups excluding carboxylic acids is 1. The van der Waals surface area contributed by atoms with Crippen LogP contribution in [0.3, 0.4) is 0 Å². The number of hydrogen-bond acceptors (Lipinski definition) is 4. The van der Waals surface area contributed by atoms with Gasteiger partial charge in [-0.25, -0.2) is 4.98 Å². The van der Waals surface area contributed by atoms with Gasteiger partial charge in [0.05, 0.1) is 35.4 Å². The summed E-state index contributed by atoms with van der Waals surface area (Å²) in [4.78, 5) is 21.9. The maximum Gasteiger partial charge on any atom is 0.227 e. The van der Waals surface area contributed by atoms with Crippen molar-refractivity contribution in [3.05, 3.63) is 40.5 Å². The topological polar surface area (TPSA) is 45.7 Å². The number of benzene rings is 1. The second-order valence-electron chi connectivity index (χ2n) is 7.53. The van der Waals surface area contributed by atoms with Gasteiger partial charge in [0.15, 0.2) is 0 Å². The zero-order chi connectivity index (χ0) is 18.8. The number of rotatable bonds is 3. The monoisotopic (exact) mass is 387 g/mol. The number of para-hydroxylation sites is 1. The molecule has 0 saturated carbocycles. The smallest absolute Gasteiger partial charge is 0.227 e. The number of hydrogen-bond donors (Lipinski definition) is 0. The molecule has 2 aliphatic heterocycles. The van der Waals surface area contributed by atoms with Gasteiger partial charge in [-0.3, -0.25) is 9.69 Å². The number of morpholine rings is 1. The lowest BCUT2D eigenvalue weighted by Gasteiger charge is -2.36. The zero-order valence-corrected chi connectivity index (χ0v) is 16.5. The van der Waals surface area contributed by atoms with Crippen LogP contribution in [-0.4, -0.2) is 60.1 Å². The van der Waals surface area contributed by atoms with Gasteiger partial charge in [0.1, 0.15) is 0 Å². The van der Waals surface area contributed by atoms with Gasteiger partial charge in [-0.1, -0.05) is 29.8 Å². The largest absolute Gasteiger partial charge is 0.378 e. The summed E-state index contributed by atoms with van der Waals surface area (Å²) in [5.74, 6) is 0.342. The number of amides is 1. The average Bonchev–Trinajstić information content (AvgIpc) is 2.72. The van der Waals surface area contributed by atoms with Crippen molar-refractivity contribution in [1.29, 1.82) is 0 Å². The van der Waals surface area contributed by atoms with Crippen LogP contribution >= 0.6 is 11.6 Å². The van der Waals surface area contributed by atoms with E-state index in [0.717, 1.165) is 53.1 Å². The van der Waals surface area contributed by atoms with Gasteiger partial charge in [-0.05, 0) is 37.9 Å². The molecule has 0 radical (unpaired) electrons. The molecule has 6 heteroatoms. The number of piperidine rings is 1. The minimum Gasteiger partial charge on any atom is -0.378 e. The van der Waals surface area contributed by atoms with Gasteiger partial charge in [-0.2, -0.15) is 0 Å². The van der Waals surface area contributed by atoms with Crippen molar-refractivity contribution >= 4 is 28.4 Å². The Balaban J connectivity index is 1.48. The summed E-state index contributed by atoms with van der Waals surface area (Å²) in [5.41, 5.74) is 2.97. The minimum atomic E-state index is 0.0668. The number of halogens is 1. The summed E-state index contributed by atoms with van der Waals surface area (Å²) >= 11 is 6.63. The molecule has 3 heterocycles. The lowest BCUT2D eigenvalue weighted by atomic mass is 9.96. The standard InChI is InChI=1S/C21H26ClN3O2/c1-15-17-6-2-3-7-18(17)23-19(20(15)22)14-24-8-4-5-16(13-24)21(26)25-9-11-27-12-10-25/h2-3,6-7,16H,4-5,8-14H2,1H3. The summed E-state index contributed by atoms with van der Waals surface area (Å²) in [6.07, 6.45) is 2.00. The minimum absolute atomic E-state index is 0.0668. The van der Waals surface area contributed by atoms with Crippen LogP contribution in [0, 0.1) is 12.8 Å². The van der Waals surface area contributed by atoms with E-state index < -0.39 is 0 Å². The van der Waals surface area contributed by atoms with E-state index in [1.54, 1.807) is 0 Å². The van der Waals surface area contributed by atoms with E-state index >= 15 is 0 Å². The molecule has 0 aliphatic carbocycles. The van der Waals surface area contributed by atoms with Crippen LogP contribution in [-0.2, 0) is 16.1 Å². The highest BCUT2D eigenvalue weighted by Gasteiger charge is 2.30. The molecule has 2 aromatic rings. The maximum absolute atomic E-state index is 12.8. The maximum atomic E-state index is 12.8. The van der Waals surface area contributed by atoms with Crippen molar-refractivity contribution in [2.24, 2.45) is 5.92 Å². The normalized spacial score (nSPS) is 21.6. The molecule has 0 bridgehead atoms. The predicted molar refractivity (Wildman–Crippen MR) is 107 cm³/mol. The van der Waals surface area contributed by atoms with Gasteiger partial charge in [0, 0.05) is 31.6 Å². The van der Waals surface area contributed by atoms with E-state index in [1.807, 2.05) is 23.1 Å². The van der Waals surface area contributed by atoms with E-state index in [9.17, 15) is 4.79 Å². The summed E-state index contributed by atoms with van der Waals surface area (Å²) in [6.45, 7) is 7.24. The Kier molecular flexibility index (Phi) is 5.62. The average molecular weight is 388 g/mol. The fraction of sp³-hybridized carbons (Fsp3) is 0.524. The number of aryl methyl sites for hydroxylation is 1. The second-order valence-corrected chi connectivity index (χ2v) is 7.90. The Labute approximate surface area is 165 Å². The second kappa shape index (κ2) is 8.13. The lowest BCUT2D eigenvalue weighted by Crippen LogP contribution is -2.48. The first-order valence-electron chi connectivity index (χ1n) is 9.76. The van der Waals surface area contributed by atoms with Crippen molar-refractivity contribution < 1.29 is 9.53 Å². The molecule has 2 fully saturated rings.